The number of carbonyl (C=O) groups is 2. The van der Waals surface area contributed by atoms with Gasteiger partial charge in [-0.2, -0.15) is 0 Å². The zero-order chi connectivity index (χ0) is 41.4. The molecule has 0 heterocycles. The Kier molecular flexibility index (Phi) is 36.7. The van der Waals surface area contributed by atoms with E-state index in [4.69, 9.17) is 18.5 Å². The summed E-state index contributed by atoms with van der Waals surface area (Å²) in [5, 5.41) is 0. The first-order valence-electron chi connectivity index (χ1n) is 22.0. The van der Waals surface area contributed by atoms with Crippen molar-refractivity contribution in [1.82, 2.24) is 0 Å². The zero-order valence-electron chi connectivity index (χ0n) is 36.3. The van der Waals surface area contributed by atoms with E-state index in [1.165, 1.54) is 32.1 Å². The van der Waals surface area contributed by atoms with Crippen molar-refractivity contribution in [3.05, 3.63) is 60.8 Å². The molecule has 0 rings (SSSR count). The van der Waals surface area contributed by atoms with Crippen molar-refractivity contribution in [2.45, 2.75) is 174 Å². The summed E-state index contributed by atoms with van der Waals surface area (Å²) in [6.07, 6.45) is 45.5. The largest absolute Gasteiger partial charge is 0.472 e. The molecule has 0 aromatic carbocycles. The van der Waals surface area contributed by atoms with E-state index in [0.29, 0.717) is 17.4 Å². The number of allylic oxidation sites excluding steroid dienone is 10. The van der Waals surface area contributed by atoms with Crippen molar-refractivity contribution >= 4 is 19.8 Å². The van der Waals surface area contributed by atoms with E-state index in [1.54, 1.807) is 0 Å². The summed E-state index contributed by atoms with van der Waals surface area (Å²) in [4.78, 5) is 35.3. The third kappa shape index (κ3) is 41.3. The van der Waals surface area contributed by atoms with E-state index in [9.17, 15) is 19.0 Å². The topological polar surface area (TPSA) is 108 Å². The predicted molar refractivity (Wildman–Crippen MR) is 233 cm³/mol. The molecular formula is C46H83NO8P+. The molecule has 0 spiro atoms. The van der Waals surface area contributed by atoms with Crippen LogP contribution < -0.4 is 0 Å². The number of hydrogen-bond acceptors (Lipinski definition) is 7. The summed E-state index contributed by atoms with van der Waals surface area (Å²) < 4.78 is 34.3. The average Bonchev–Trinajstić information content (AvgIpc) is 3.15. The molecule has 0 aliphatic rings. The maximum Gasteiger partial charge on any atom is 0.472 e. The average molecular weight is 809 g/mol. The molecule has 0 saturated heterocycles. The lowest BCUT2D eigenvalue weighted by molar-refractivity contribution is -0.870. The Bertz CT molecular complexity index is 1140. The Labute approximate surface area is 343 Å². The molecule has 0 aliphatic heterocycles. The molecule has 0 aromatic rings. The fraction of sp³-hybridized carbons (Fsp3) is 0.739. The number of likely N-dealkylation sites (N-methyl/N-ethyl adjacent to an activating group) is 1. The lowest BCUT2D eigenvalue weighted by Gasteiger charge is -2.24. The van der Waals surface area contributed by atoms with Crippen molar-refractivity contribution in [2.24, 2.45) is 0 Å². The molecular weight excluding hydrogens is 725 g/mol. The normalized spacial score (nSPS) is 14.2. The van der Waals surface area contributed by atoms with Crippen LogP contribution in [0.15, 0.2) is 60.8 Å². The quantitative estimate of drug-likeness (QED) is 0.0215. The Hall–Kier alpha value is -2.29. The molecule has 1 N–H and O–H groups in total. The number of rotatable bonds is 39. The van der Waals surface area contributed by atoms with E-state index in [0.717, 1.165) is 103 Å². The lowest BCUT2D eigenvalue weighted by atomic mass is 10.1. The number of phosphoric acid groups is 1. The number of quaternary nitrogens is 1. The third-order valence-corrected chi connectivity index (χ3v) is 10.0. The number of hydrogen-bond donors (Lipinski definition) is 1. The van der Waals surface area contributed by atoms with Gasteiger partial charge >= 0.3 is 19.8 Å². The lowest BCUT2D eigenvalue weighted by Crippen LogP contribution is -2.37. The molecule has 10 heteroatoms. The van der Waals surface area contributed by atoms with Gasteiger partial charge in [0.15, 0.2) is 6.10 Å². The molecule has 324 valence electrons. The van der Waals surface area contributed by atoms with Gasteiger partial charge in [0, 0.05) is 12.8 Å². The van der Waals surface area contributed by atoms with Crippen LogP contribution in [0.5, 0.6) is 0 Å². The highest BCUT2D eigenvalue weighted by Crippen LogP contribution is 2.43. The first-order chi connectivity index (χ1) is 27.0. The van der Waals surface area contributed by atoms with Gasteiger partial charge in [0.05, 0.1) is 27.7 Å². The maximum absolute atomic E-state index is 12.7. The smallest absolute Gasteiger partial charge is 0.462 e. The van der Waals surface area contributed by atoms with Crippen molar-refractivity contribution in [3.63, 3.8) is 0 Å². The van der Waals surface area contributed by atoms with Crippen LogP contribution >= 0.6 is 7.82 Å². The van der Waals surface area contributed by atoms with Gasteiger partial charge in [0.25, 0.3) is 0 Å². The van der Waals surface area contributed by atoms with Crippen molar-refractivity contribution in [3.8, 4) is 0 Å². The summed E-state index contributed by atoms with van der Waals surface area (Å²) in [5.41, 5.74) is 0. The molecule has 0 amide bonds. The second-order valence-electron chi connectivity index (χ2n) is 15.7. The minimum absolute atomic E-state index is 0.0248. The Morgan fingerprint density at radius 2 is 1.02 bits per heavy atom. The Morgan fingerprint density at radius 3 is 1.54 bits per heavy atom. The molecule has 56 heavy (non-hydrogen) atoms. The summed E-state index contributed by atoms with van der Waals surface area (Å²) in [5.74, 6) is -0.829. The number of unbranched alkanes of at least 4 members (excludes halogenated alkanes) is 15. The molecule has 0 fully saturated rings. The van der Waals surface area contributed by atoms with Gasteiger partial charge in [-0.25, -0.2) is 4.57 Å². The second kappa shape index (κ2) is 38.2. The number of ether oxygens (including phenoxy) is 2. The SMILES string of the molecule is CC/C=C\C/C=C\C/C=C\C/C=C\CCCCCCCCC(=O)OC(COC(=O)CCCCCCC/C=C\CCCCCC)COP(=O)(O)OCC[N+](C)(C)C. The van der Waals surface area contributed by atoms with Crippen LogP contribution in [0.25, 0.3) is 0 Å². The molecule has 9 nitrogen and oxygen atoms in total. The minimum atomic E-state index is -4.38. The van der Waals surface area contributed by atoms with E-state index in [2.05, 4.69) is 74.6 Å². The Morgan fingerprint density at radius 1 is 0.571 bits per heavy atom. The number of esters is 2. The Balaban J connectivity index is 4.40. The predicted octanol–water partition coefficient (Wildman–Crippen LogP) is 12.5. The molecule has 2 atom stereocenters. The summed E-state index contributed by atoms with van der Waals surface area (Å²) >= 11 is 0. The summed E-state index contributed by atoms with van der Waals surface area (Å²) in [6.45, 7) is 4.25. The minimum Gasteiger partial charge on any atom is -0.462 e. The maximum atomic E-state index is 12.7. The van der Waals surface area contributed by atoms with E-state index < -0.39 is 26.5 Å². The summed E-state index contributed by atoms with van der Waals surface area (Å²) in [6, 6.07) is 0. The van der Waals surface area contributed by atoms with Crippen LogP contribution in [-0.4, -0.2) is 74.9 Å². The third-order valence-electron chi connectivity index (χ3n) is 9.03. The van der Waals surface area contributed by atoms with Crippen LogP contribution in [-0.2, 0) is 32.7 Å². The fourth-order valence-corrected chi connectivity index (χ4v) is 6.33. The van der Waals surface area contributed by atoms with Crippen molar-refractivity contribution < 1.29 is 42.1 Å². The van der Waals surface area contributed by atoms with Gasteiger partial charge in [-0.3, -0.25) is 18.6 Å². The zero-order valence-corrected chi connectivity index (χ0v) is 37.2. The monoisotopic (exact) mass is 809 g/mol. The number of phosphoric ester groups is 1. The fourth-order valence-electron chi connectivity index (χ4n) is 5.59. The van der Waals surface area contributed by atoms with Gasteiger partial charge < -0.3 is 18.9 Å². The van der Waals surface area contributed by atoms with Crippen LogP contribution in [0.2, 0.25) is 0 Å². The highest BCUT2D eigenvalue weighted by molar-refractivity contribution is 7.47. The standard InChI is InChI=1S/C46H82NO8P/c1-6-8-10-12-14-16-18-20-21-22-23-24-25-27-29-31-33-35-37-39-46(49)55-44(43-54-56(50,51)53-41-40-47(3,4)5)42-52-45(48)38-36-34-32-30-28-26-19-17-15-13-11-9-7-2/h8,10,14,16-17,19-21,23-24,44H,6-7,9,11-13,15,18,22,25-43H2,1-5H3/p+1/b10-8-,16-14-,19-17-,21-20-,24-23-. The van der Waals surface area contributed by atoms with Crippen LogP contribution in [0.4, 0.5) is 0 Å². The highest BCUT2D eigenvalue weighted by Gasteiger charge is 2.27. The second-order valence-corrected chi connectivity index (χ2v) is 17.1. The summed E-state index contributed by atoms with van der Waals surface area (Å²) in [7, 11) is 1.45. The van der Waals surface area contributed by atoms with E-state index in [-0.39, 0.29) is 32.0 Å². The molecule has 0 aromatic heterocycles. The molecule has 0 saturated carbocycles. The van der Waals surface area contributed by atoms with Crippen molar-refractivity contribution in [1.29, 1.82) is 0 Å². The van der Waals surface area contributed by atoms with Gasteiger partial charge in [0.1, 0.15) is 19.8 Å². The van der Waals surface area contributed by atoms with E-state index >= 15 is 0 Å². The molecule has 2 unspecified atom stereocenters. The van der Waals surface area contributed by atoms with Crippen LogP contribution in [0.3, 0.4) is 0 Å². The van der Waals surface area contributed by atoms with Gasteiger partial charge in [-0.05, 0) is 77.0 Å². The molecule has 0 aliphatic carbocycles. The van der Waals surface area contributed by atoms with Crippen molar-refractivity contribution in [2.75, 3.05) is 47.5 Å². The van der Waals surface area contributed by atoms with Crippen LogP contribution in [0.1, 0.15) is 168 Å². The van der Waals surface area contributed by atoms with Gasteiger partial charge in [-0.15, -0.1) is 0 Å². The molecule has 0 radical (unpaired) electrons. The first kappa shape index (κ1) is 53.7. The van der Waals surface area contributed by atoms with Gasteiger partial charge in [0.2, 0.25) is 0 Å². The van der Waals surface area contributed by atoms with Gasteiger partial charge in [-0.1, -0.05) is 139 Å². The van der Waals surface area contributed by atoms with E-state index in [1.807, 2.05) is 21.1 Å². The first-order valence-corrected chi connectivity index (χ1v) is 23.5. The van der Waals surface area contributed by atoms with Crippen LogP contribution in [0, 0.1) is 0 Å². The number of nitrogens with zero attached hydrogens (tertiary/aromatic N) is 1. The highest BCUT2D eigenvalue weighted by atomic mass is 31.2. The number of carbonyl (C=O) groups excluding carboxylic acids is 2. The molecule has 0 bridgehead atoms.